The van der Waals surface area contributed by atoms with E-state index >= 15 is 0 Å². The standard InChI is InChI=1S/C27H46N.ClH/c1-4-5-6-7-8-9-10-11-12-13-14-15-16-17-18-22-25-28(2,3)26-27-23-20-19-21-24-27;/h17-25H,4-16,26H2,1-3H3;1H/q+1;/p-1/b18-17+,25-22+;. The first kappa shape index (κ1) is 27.9. The van der Waals surface area contributed by atoms with Crippen LogP contribution in [0.3, 0.4) is 0 Å². The number of unbranched alkanes of at least 4 members (excludes halogenated alkanes) is 12. The molecule has 1 aromatic carbocycles. The number of halogens is 1. The molecule has 1 nitrogen and oxygen atoms in total. The molecule has 0 fully saturated rings. The van der Waals surface area contributed by atoms with Gasteiger partial charge in [0.15, 0.2) is 0 Å². The van der Waals surface area contributed by atoms with Gasteiger partial charge < -0.3 is 12.4 Å². The zero-order valence-corrected chi connectivity index (χ0v) is 20.2. The summed E-state index contributed by atoms with van der Waals surface area (Å²) in [6.45, 7) is 3.32. The van der Waals surface area contributed by atoms with Crippen molar-refractivity contribution >= 4 is 0 Å². The molecule has 0 heterocycles. The van der Waals surface area contributed by atoms with Gasteiger partial charge in [-0.05, 0) is 18.9 Å². The summed E-state index contributed by atoms with van der Waals surface area (Å²) in [6, 6.07) is 10.7. The summed E-state index contributed by atoms with van der Waals surface area (Å²) in [7, 11) is 4.51. The molecule has 0 amide bonds. The Hall–Kier alpha value is -1.05. The van der Waals surface area contributed by atoms with Crippen LogP contribution in [0, 0.1) is 0 Å². The highest BCUT2D eigenvalue weighted by Gasteiger charge is 2.11. The van der Waals surface area contributed by atoms with Crippen LogP contribution in [0.15, 0.2) is 54.8 Å². The Bertz CT molecular complexity index is 519. The molecule has 0 saturated carbocycles. The summed E-state index contributed by atoms with van der Waals surface area (Å²) < 4.78 is 0.882. The van der Waals surface area contributed by atoms with Crippen molar-refractivity contribution in [1.29, 1.82) is 0 Å². The highest BCUT2D eigenvalue weighted by Crippen LogP contribution is 2.13. The zero-order valence-electron chi connectivity index (χ0n) is 19.4. The Balaban J connectivity index is 0.00000784. The molecule has 1 aromatic rings. The van der Waals surface area contributed by atoms with Crippen molar-refractivity contribution in [3.05, 3.63) is 60.3 Å². The summed E-state index contributed by atoms with van der Waals surface area (Å²) in [6.07, 6.45) is 27.3. The molecule has 0 unspecified atom stereocenters. The predicted octanol–water partition coefficient (Wildman–Crippen LogP) is 5.43. The Morgan fingerprint density at radius 2 is 1.21 bits per heavy atom. The molecule has 0 saturated heterocycles. The van der Waals surface area contributed by atoms with Gasteiger partial charge in [0.25, 0.3) is 0 Å². The van der Waals surface area contributed by atoms with Crippen LogP contribution in [0.25, 0.3) is 0 Å². The molecule has 166 valence electrons. The summed E-state index contributed by atoms with van der Waals surface area (Å²) >= 11 is 0. The van der Waals surface area contributed by atoms with Crippen molar-refractivity contribution < 1.29 is 16.9 Å². The Morgan fingerprint density at radius 1 is 0.690 bits per heavy atom. The molecule has 0 aliphatic rings. The first-order valence-corrected chi connectivity index (χ1v) is 11.8. The van der Waals surface area contributed by atoms with Crippen molar-refractivity contribution in [1.82, 2.24) is 0 Å². The van der Waals surface area contributed by atoms with E-state index in [1.807, 2.05) is 0 Å². The third-order valence-corrected chi connectivity index (χ3v) is 5.39. The fourth-order valence-electron chi connectivity index (χ4n) is 3.67. The monoisotopic (exact) mass is 419 g/mol. The van der Waals surface area contributed by atoms with Gasteiger partial charge in [-0.15, -0.1) is 0 Å². The fraction of sp³-hybridized carbons (Fsp3) is 0.630. The first-order chi connectivity index (χ1) is 13.6. The van der Waals surface area contributed by atoms with Gasteiger partial charge in [0, 0.05) is 5.56 Å². The quantitative estimate of drug-likeness (QED) is 0.179. The molecule has 0 aliphatic carbocycles. The highest BCUT2D eigenvalue weighted by atomic mass is 35.5. The maximum Gasteiger partial charge on any atom is 0.108 e. The van der Waals surface area contributed by atoms with Gasteiger partial charge in [-0.2, -0.15) is 0 Å². The van der Waals surface area contributed by atoms with Crippen LogP contribution in [0.5, 0.6) is 0 Å². The summed E-state index contributed by atoms with van der Waals surface area (Å²) in [4.78, 5) is 0. The molecule has 1 rings (SSSR count). The topological polar surface area (TPSA) is 0 Å². The van der Waals surface area contributed by atoms with E-state index in [1.165, 1.54) is 89.0 Å². The van der Waals surface area contributed by atoms with Crippen molar-refractivity contribution in [3.8, 4) is 0 Å². The normalized spacial score (nSPS) is 12.0. The molecular weight excluding hydrogens is 374 g/mol. The number of hydrogen-bond donors (Lipinski definition) is 0. The summed E-state index contributed by atoms with van der Waals surface area (Å²) in [5.41, 5.74) is 1.39. The molecule has 0 N–H and O–H groups in total. The van der Waals surface area contributed by atoms with E-state index in [1.54, 1.807) is 0 Å². The first-order valence-electron chi connectivity index (χ1n) is 11.8. The molecule has 0 radical (unpaired) electrons. The lowest BCUT2D eigenvalue weighted by atomic mass is 10.0. The van der Waals surface area contributed by atoms with Gasteiger partial charge in [0.05, 0.1) is 20.3 Å². The van der Waals surface area contributed by atoms with Gasteiger partial charge in [0.1, 0.15) is 6.54 Å². The predicted molar refractivity (Wildman–Crippen MR) is 126 cm³/mol. The number of nitrogens with zero attached hydrogens (tertiary/aromatic N) is 1. The molecule has 0 atom stereocenters. The van der Waals surface area contributed by atoms with E-state index in [0.29, 0.717) is 0 Å². The number of rotatable bonds is 17. The van der Waals surface area contributed by atoms with E-state index in [2.05, 4.69) is 75.8 Å². The number of allylic oxidation sites excluding steroid dienone is 3. The lowest BCUT2D eigenvalue weighted by Gasteiger charge is -2.24. The second kappa shape index (κ2) is 18.9. The maximum atomic E-state index is 2.33. The highest BCUT2D eigenvalue weighted by molar-refractivity contribution is 5.13. The Labute approximate surface area is 188 Å². The van der Waals surface area contributed by atoms with Crippen LogP contribution in [-0.2, 0) is 6.54 Å². The molecule has 0 spiro atoms. The molecular formula is C27H46ClN. The fourth-order valence-corrected chi connectivity index (χ4v) is 3.67. The SMILES string of the molecule is CCCCCCCCCCCCCC/C=C/C=C/[N+](C)(C)Cc1ccccc1.[Cl-]. The van der Waals surface area contributed by atoms with Crippen molar-refractivity contribution in [2.45, 2.75) is 96.9 Å². The number of hydrogen-bond acceptors (Lipinski definition) is 0. The van der Waals surface area contributed by atoms with Crippen LogP contribution in [0.4, 0.5) is 0 Å². The summed E-state index contributed by atoms with van der Waals surface area (Å²) in [5, 5.41) is 0. The van der Waals surface area contributed by atoms with Gasteiger partial charge in [-0.1, -0.05) is 120 Å². The van der Waals surface area contributed by atoms with Gasteiger partial charge in [-0.3, -0.25) is 4.48 Å². The van der Waals surface area contributed by atoms with Crippen molar-refractivity contribution in [3.63, 3.8) is 0 Å². The van der Waals surface area contributed by atoms with E-state index < -0.39 is 0 Å². The van der Waals surface area contributed by atoms with Crippen LogP contribution in [0.1, 0.15) is 96.0 Å². The minimum Gasteiger partial charge on any atom is -1.00 e. The average Bonchev–Trinajstić information content (AvgIpc) is 2.68. The minimum absolute atomic E-state index is 0. The Morgan fingerprint density at radius 3 is 1.76 bits per heavy atom. The second-order valence-electron chi connectivity index (χ2n) is 8.87. The van der Waals surface area contributed by atoms with E-state index in [4.69, 9.17) is 0 Å². The number of benzene rings is 1. The van der Waals surface area contributed by atoms with Crippen LogP contribution in [0.2, 0.25) is 0 Å². The molecule has 29 heavy (non-hydrogen) atoms. The van der Waals surface area contributed by atoms with Crippen molar-refractivity contribution in [2.24, 2.45) is 0 Å². The second-order valence-corrected chi connectivity index (χ2v) is 8.87. The van der Waals surface area contributed by atoms with Crippen LogP contribution >= 0.6 is 0 Å². The smallest absolute Gasteiger partial charge is 0.108 e. The molecule has 0 aliphatic heterocycles. The third-order valence-electron chi connectivity index (χ3n) is 5.39. The lowest BCUT2D eigenvalue weighted by Crippen LogP contribution is -3.00. The van der Waals surface area contributed by atoms with Gasteiger partial charge in [-0.25, -0.2) is 0 Å². The van der Waals surface area contributed by atoms with E-state index in [0.717, 1.165) is 11.0 Å². The van der Waals surface area contributed by atoms with E-state index in [-0.39, 0.29) is 12.4 Å². The van der Waals surface area contributed by atoms with Gasteiger partial charge >= 0.3 is 0 Å². The lowest BCUT2D eigenvalue weighted by molar-refractivity contribution is -0.852. The number of quaternary nitrogens is 1. The molecule has 2 heteroatoms. The molecule has 0 aromatic heterocycles. The largest absolute Gasteiger partial charge is 1.00 e. The van der Waals surface area contributed by atoms with E-state index in [9.17, 15) is 0 Å². The zero-order chi connectivity index (χ0) is 20.3. The summed E-state index contributed by atoms with van der Waals surface area (Å²) in [5.74, 6) is 0. The van der Waals surface area contributed by atoms with Crippen LogP contribution < -0.4 is 12.4 Å². The Kier molecular flexibility index (Phi) is 18.3. The molecule has 0 bridgehead atoms. The maximum absolute atomic E-state index is 2.33. The van der Waals surface area contributed by atoms with Crippen molar-refractivity contribution in [2.75, 3.05) is 14.1 Å². The van der Waals surface area contributed by atoms with Crippen LogP contribution in [-0.4, -0.2) is 18.6 Å². The third kappa shape index (κ3) is 17.5. The average molecular weight is 420 g/mol. The minimum atomic E-state index is 0. The van der Waals surface area contributed by atoms with Gasteiger partial charge in [0.2, 0.25) is 0 Å².